The number of esters is 1. The molecule has 2 unspecified atom stereocenters. The van der Waals surface area contributed by atoms with E-state index in [1.165, 1.54) is 43.0 Å². The molecule has 0 heterocycles. The van der Waals surface area contributed by atoms with Crippen molar-refractivity contribution >= 4 is 34.5 Å². The van der Waals surface area contributed by atoms with E-state index in [2.05, 4.69) is 0 Å². The highest BCUT2D eigenvalue weighted by atomic mass is 32.2. The molecule has 9 heteroatoms. The Labute approximate surface area is 180 Å². The fourth-order valence-corrected chi connectivity index (χ4v) is 4.49. The smallest absolute Gasteiger partial charge is 0.322 e. The minimum atomic E-state index is -1.83. The standard InChI is InChI=1S/C21H22F2O5S2/c1-13(19(24)25)30(27)17-8-9-18(23)14(12-17)10-11-28-20(26)21(2,3)29-16-6-4-15(22)5-7-16/h4-9,12-13H,10-11H2,1-3H3,(H,24,25). The predicted octanol–water partition coefficient (Wildman–Crippen LogP) is 4.20. The van der Waals surface area contributed by atoms with Gasteiger partial charge in [-0.05, 0) is 68.8 Å². The van der Waals surface area contributed by atoms with Gasteiger partial charge in [0.05, 0.1) is 17.4 Å². The van der Waals surface area contributed by atoms with Gasteiger partial charge in [-0.25, -0.2) is 8.78 Å². The summed E-state index contributed by atoms with van der Waals surface area (Å²) in [5.41, 5.74) is 0.176. The fraction of sp³-hybridized carbons (Fsp3) is 0.333. The molecule has 1 N–H and O–H groups in total. The van der Waals surface area contributed by atoms with Crippen LogP contribution in [0.5, 0.6) is 0 Å². The zero-order chi connectivity index (χ0) is 22.5. The van der Waals surface area contributed by atoms with Gasteiger partial charge in [0.2, 0.25) is 0 Å². The molecule has 0 saturated carbocycles. The Morgan fingerprint density at radius 3 is 2.40 bits per heavy atom. The van der Waals surface area contributed by atoms with Crippen LogP contribution in [0.2, 0.25) is 0 Å². The molecule has 162 valence electrons. The van der Waals surface area contributed by atoms with Gasteiger partial charge >= 0.3 is 11.9 Å². The van der Waals surface area contributed by atoms with E-state index in [0.29, 0.717) is 4.90 Å². The second-order valence-corrected chi connectivity index (χ2v) is 10.5. The van der Waals surface area contributed by atoms with E-state index in [1.807, 2.05) is 0 Å². The summed E-state index contributed by atoms with van der Waals surface area (Å²) in [7, 11) is -1.83. The second kappa shape index (κ2) is 10.2. The maximum atomic E-state index is 14.1. The Morgan fingerprint density at radius 1 is 1.17 bits per heavy atom. The van der Waals surface area contributed by atoms with Crippen LogP contribution < -0.4 is 0 Å². The zero-order valence-electron chi connectivity index (χ0n) is 16.7. The summed E-state index contributed by atoms with van der Waals surface area (Å²) in [5.74, 6) is -2.66. The first-order valence-electron chi connectivity index (χ1n) is 9.05. The van der Waals surface area contributed by atoms with E-state index in [9.17, 15) is 22.6 Å². The molecule has 0 aliphatic carbocycles. The molecule has 0 aliphatic heterocycles. The number of benzene rings is 2. The van der Waals surface area contributed by atoms with Crippen molar-refractivity contribution in [1.82, 2.24) is 0 Å². The van der Waals surface area contributed by atoms with Gasteiger partial charge in [0.1, 0.15) is 21.6 Å². The molecule has 0 fully saturated rings. The first-order valence-corrected chi connectivity index (χ1v) is 11.1. The Balaban J connectivity index is 1.99. The number of carboxylic acid groups (broad SMARTS) is 1. The highest BCUT2D eigenvalue weighted by Crippen LogP contribution is 2.33. The number of rotatable bonds is 9. The van der Waals surface area contributed by atoms with Crippen molar-refractivity contribution in [2.75, 3.05) is 6.61 Å². The van der Waals surface area contributed by atoms with Crippen LogP contribution >= 0.6 is 11.8 Å². The third-order valence-electron chi connectivity index (χ3n) is 4.20. The highest BCUT2D eigenvalue weighted by molar-refractivity contribution is 8.01. The van der Waals surface area contributed by atoms with Crippen molar-refractivity contribution in [3.05, 3.63) is 59.7 Å². The molecule has 0 spiro atoms. The number of hydrogen-bond donors (Lipinski definition) is 1. The molecule has 2 aromatic rings. The maximum absolute atomic E-state index is 14.1. The topological polar surface area (TPSA) is 80.7 Å². The van der Waals surface area contributed by atoms with Crippen LogP contribution in [0, 0.1) is 11.6 Å². The predicted molar refractivity (Wildman–Crippen MR) is 111 cm³/mol. The van der Waals surface area contributed by atoms with Gasteiger partial charge in [-0.3, -0.25) is 13.8 Å². The zero-order valence-corrected chi connectivity index (χ0v) is 18.3. The van der Waals surface area contributed by atoms with Gasteiger partial charge in [-0.2, -0.15) is 0 Å². The van der Waals surface area contributed by atoms with Gasteiger partial charge in [0.25, 0.3) is 0 Å². The summed E-state index contributed by atoms with van der Waals surface area (Å²) in [6, 6.07) is 9.46. The molecule has 2 aromatic carbocycles. The van der Waals surface area contributed by atoms with Crippen LogP contribution in [0.25, 0.3) is 0 Å². The van der Waals surface area contributed by atoms with Gasteiger partial charge in [-0.1, -0.05) is 0 Å². The minimum Gasteiger partial charge on any atom is -0.480 e. The molecule has 30 heavy (non-hydrogen) atoms. The molecule has 0 aromatic heterocycles. The Bertz CT molecular complexity index is 945. The number of carbonyl (C=O) groups is 2. The van der Waals surface area contributed by atoms with E-state index >= 15 is 0 Å². The third kappa shape index (κ3) is 6.37. The molecule has 5 nitrogen and oxygen atoms in total. The molecular formula is C21H22F2O5S2. The summed E-state index contributed by atoms with van der Waals surface area (Å²) in [5, 5.41) is 7.86. The molecule has 0 radical (unpaired) electrons. The van der Waals surface area contributed by atoms with Crippen molar-refractivity contribution < 1.29 is 32.4 Å². The van der Waals surface area contributed by atoms with Gasteiger partial charge < -0.3 is 9.84 Å². The summed E-state index contributed by atoms with van der Waals surface area (Å²) in [4.78, 5) is 24.3. The number of ether oxygens (including phenoxy) is 1. The lowest BCUT2D eigenvalue weighted by Gasteiger charge is -2.22. The monoisotopic (exact) mass is 456 g/mol. The van der Waals surface area contributed by atoms with Crippen LogP contribution in [0.4, 0.5) is 8.78 Å². The molecule has 0 amide bonds. The van der Waals surface area contributed by atoms with Crippen LogP contribution in [-0.2, 0) is 31.5 Å². The van der Waals surface area contributed by atoms with Crippen LogP contribution in [0.1, 0.15) is 26.3 Å². The normalized spacial score (nSPS) is 13.5. The third-order valence-corrected chi connectivity index (χ3v) is 6.95. The van der Waals surface area contributed by atoms with E-state index in [-0.39, 0.29) is 29.3 Å². The molecular weight excluding hydrogens is 434 g/mol. The van der Waals surface area contributed by atoms with Gasteiger partial charge in [-0.15, -0.1) is 11.8 Å². The van der Waals surface area contributed by atoms with Crippen LogP contribution in [-0.4, -0.2) is 37.9 Å². The number of thioether (sulfide) groups is 1. The average Bonchev–Trinajstić information content (AvgIpc) is 2.69. The number of aliphatic carboxylic acids is 1. The molecule has 2 atom stereocenters. The van der Waals surface area contributed by atoms with Gasteiger partial charge in [0, 0.05) is 16.2 Å². The van der Waals surface area contributed by atoms with E-state index in [4.69, 9.17) is 9.84 Å². The fourth-order valence-electron chi connectivity index (χ4n) is 2.43. The lowest BCUT2D eigenvalue weighted by molar-refractivity contribution is -0.145. The van der Waals surface area contributed by atoms with E-state index < -0.39 is 38.6 Å². The summed E-state index contributed by atoms with van der Waals surface area (Å²) in [6.07, 6.45) is 0.0430. The summed E-state index contributed by atoms with van der Waals surface area (Å²) >= 11 is 1.21. The molecule has 0 aliphatic rings. The van der Waals surface area contributed by atoms with E-state index in [1.54, 1.807) is 26.0 Å². The minimum absolute atomic E-state index is 0.0430. The molecule has 0 bridgehead atoms. The number of carboxylic acids is 1. The molecule has 2 rings (SSSR count). The average molecular weight is 457 g/mol. The van der Waals surface area contributed by atoms with Crippen molar-refractivity contribution in [1.29, 1.82) is 0 Å². The number of hydrogen-bond acceptors (Lipinski definition) is 5. The van der Waals surface area contributed by atoms with Crippen LogP contribution in [0.3, 0.4) is 0 Å². The first-order chi connectivity index (χ1) is 14.0. The lowest BCUT2D eigenvalue weighted by Crippen LogP contribution is -2.30. The Kier molecular flexibility index (Phi) is 8.14. The Hall–Kier alpha value is -2.26. The largest absolute Gasteiger partial charge is 0.480 e. The SMILES string of the molecule is CC(C(=O)O)S(=O)c1ccc(F)c(CCOC(=O)C(C)(C)Sc2ccc(F)cc2)c1. The van der Waals surface area contributed by atoms with Crippen molar-refractivity contribution in [2.24, 2.45) is 0 Å². The first kappa shape index (κ1) is 24.0. The highest BCUT2D eigenvalue weighted by Gasteiger charge is 2.31. The van der Waals surface area contributed by atoms with Crippen molar-refractivity contribution in [2.45, 2.75) is 47.0 Å². The lowest BCUT2D eigenvalue weighted by atomic mass is 10.1. The maximum Gasteiger partial charge on any atom is 0.322 e. The summed E-state index contributed by atoms with van der Waals surface area (Å²) < 4.78 is 43.7. The summed E-state index contributed by atoms with van der Waals surface area (Å²) in [6.45, 7) is 4.54. The number of halogens is 2. The molecule has 0 saturated heterocycles. The quantitative estimate of drug-likeness (QED) is 0.450. The van der Waals surface area contributed by atoms with E-state index in [0.717, 1.165) is 6.07 Å². The number of carbonyl (C=O) groups excluding carboxylic acids is 1. The van der Waals surface area contributed by atoms with Gasteiger partial charge in [0.15, 0.2) is 0 Å². The van der Waals surface area contributed by atoms with Crippen LogP contribution in [0.15, 0.2) is 52.3 Å². The Morgan fingerprint density at radius 2 is 1.80 bits per heavy atom. The second-order valence-electron chi connectivity index (χ2n) is 6.98. The van der Waals surface area contributed by atoms with Crippen molar-refractivity contribution in [3.8, 4) is 0 Å². The van der Waals surface area contributed by atoms with Crippen molar-refractivity contribution in [3.63, 3.8) is 0 Å².